The fourth-order valence-electron chi connectivity index (χ4n) is 2.52. The number of aliphatic hydroxyl groups excluding tert-OH is 1. The summed E-state index contributed by atoms with van der Waals surface area (Å²) in [6, 6.07) is 9.70. The standard InChI is InChI=1S/C23H34O8S/c1-23(17-24,18-31-22(27)30-13-12-28-2)21(26)29-11-7-15-32-14-6-10-20(25)16-19-8-4-3-5-9-19/h3-5,8-9,24H,6-7,10-18H2,1-2H3. The molecule has 32 heavy (non-hydrogen) atoms. The van der Waals surface area contributed by atoms with Crippen LogP contribution in [-0.4, -0.2) is 74.7 Å². The molecule has 0 spiro atoms. The SMILES string of the molecule is COCCOC(=O)OCC(C)(CO)C(=O)OCCCSCCCC(=O)Cc1ccccc1. The van der Waals surface area contributed by atoms with Crippen LogP contribution in [0.1, 0.15) is 31.7 Å². The molecule has 1 aromatic carbocycles. The minimum Gasteiger partial charge on any atom is -0.465 e. The van der Waals surface area contributed by atoms with Crippen LogP contribution >= 0.6 is 11.8 Å². The van der Waals surface area contributed by atoms with E-state index in [-0.39, 0.29) is 32.2 Å². The van der Waals surface area contributed by atoms with Gasteiger partial charge < -0.3 is 24.1 Å². The van der Waals surface area contributed by atoms with Crippen molar-refractivity contribution < 1.29 is 38.4 Å². The third kappa shape index (κ3) is 12.1. The first-order valence-electron chi connectivity index (χ1n) is 10.6. The molecule has 1 rings (SSSR count). The van der Waals surface area contributed by atoms with Gasteiger partial charge in [-0.2, -0.15) is 11.8 Å². The summed E-state index contributed by atoms with van der Waals surface area (Å²) in [5.41, 5.74) is -0.317. The summed E-state index contributed by atoms with van der Waals surface area (Å²) in [7, 11) is 1.47. The van der Waals surface area contributed by atoms with Crippen LogP contribution in [0.25, 0.3) is 0 Å². The summed E-state index contributed by atoms with van der Waals surface area (Å²) >= 11 is 1.70. The molecule has 1 unspecified atom stereocenters. The summed E-state index contributed by atoms with van der Waals surface area (Å²) in [5.74, 6) is 1.25. The number of benzene rings is 1. The third-order valence-corrected chi connectivity index (χ3v) is 5.67. The first-order chi connectivity index (χ1) is 15.4. The average Bonchev–Trinajstić information content (AvgIpc) is 2.79. The maximum atomic E-state index is 12.3. The molecule has 0 saturated carbocycles. The van der Waals surface area contributed by atoms with E-state index < -0.39 is 24.1 Å². The number of Topliss-reactive ketones (excluding diaryl/α,β-unsaturated/α-hetero) is 1. The second-order valence-electron chi connectivity index (χ2n) is 7.51. The van der Waals surface area contributed by atoms with Crippen molar-refractivity contribution in [1.29, 1.82) is 0 Å². The van der Waals surface area contributed by atoms with Crippen LogP contribution in [0.4, 0.5) is 4.79 Å². The number of hydrogen-bond donors (Lipinski definition) is 1. The van der Waals surface area contributed by atoms with Gasteiger partial charge in [0, 0.05) is 20.0 Å². The lowest BCUT2D eigenvalue weighted by atomic mass is 9.93. The van der Waals surface area contributed by atoms with Crippen molar-refractivity contribution in [3.63, 3.8) is 0 Å². The maximum absolute atomic E-state index is 12.3. The van der Waals surface area contributed by atoms with Crippen molar-refractivity contribution in [3.8, 4) is 0 Å². The molecule has 180 valence electrons. The molecule has 1 atom stereocenters. The van der Waals surface area contributed by atoms with E-state index in [9.17, 15) is 19.5 Å². The van der Waals surface area contributed by atoms with Gasteiger partial charge in [0.25, 0.3) is 0 Å². The first kappa shape index (κ1) is 27.9. The highest BCUT2D eigenvalue weighted by molar-refractivity contribution is 7.99. The molecule has 0 aliphatic carbocycles. The second-order valence-corrected chi connectivity index (χ2v) is 8.73. The Bertz CT molecular complexity index is 682. The number of rotatable bonds is 17. The monoisotopic (exact) mass is 470 g/mol. The Morgan fingerprint density at radius 1 is 0.969 bits per heavy atom. The minimum absolute atomic E-state index is 0.0362. The number of methoxy groups -OCH3 is 1. The van der Waals surface area contributed by atoms with Crippen molar-refractivity contribution in [2.75, 3.05) is 51.6 Å². The predicted octanol–water partition coefficient (Wildman–Crippen LogP) is 3.04. The van der Waals surface area contributed by atoms with E-state index in [1.165, 1.54) is 14.0 Å². The molecule has 0 aromatic heterocycles. The van der Waals surface area contributed by atoms with Crippen molar-refractivity contribution in [2.24, 2.45) is 5.41 Å². The highest BCUT2D eigenvalue weighted by Crippen LogP contribution is 2.19. The van der Waals surface area contributed by atoms with Crippen LogP contribution in [0.5, 0.6) is 0 Å². The highest BCUT2D eigenvalue weighted by Gasteiger charge is 2.36. The number of ketones is 1. The van der Waals surface area contributed by atoms with Crippen LogP contribution < -0.4 is 0 Å². The molecule has 1 N–H and O–H groups in total. The van der Waals surface area contributed by atoms with E-state index in [1.54, 1.807) is 11.8 Å². The van der Waals surface area contributed by atoms with Crippen molar-refractivity contribution in [1.82, 2.24) is 0 Å². The van der Waals surface area contributed by atoms with E-state index in [0.717, 1.165) is 23.5 Å². The summed E-state index contributed by atoms with van der Waals surface area (Å²) < 4.78 is 19.6. The normalized spacial score (nSPS) is 12.6. The van der Waals surface area contributed by atoms with Gasteiger partial charge in [-0.1, -0.05) is 30.3 Å². The lowest BCUT2D eigenvalue weighted by Gasteiger charge is -2.24. The molecule has 0 heterocycles. The summed E-state index contributed by atoms with van der Waals surface area (Å²) in [6.45, 7) is 1.05. The number of aliphatic hydroxyl groups is 1. The second kappa shape index (κ2) is 16.5. The number of ether oxygens (including phenoxy) is 4. The molecule has 0 aliphatic heterocycles. The smallest absolute Gasteiger partial charge is 0.465 e. The number of carbonyl (C=O) groups excluding carboxylic acids is 3. The van der Waals surface area contributed by atoms with Gasteiger partial charge in [0.05, 0.1) is 19.8 Å². The Balaban J connectivity index is 2.11. The number of thioether (sulfide) groups is 1. The van der Waals surface area contributed by atoms with Crippen molar-refractivity contribution in [2.45, 2.75) is 32.6 Å². The van der Waals surface area contributed by atoms with Gasteiger partial charge in [-0.05, 0) is 36.8 Å². The zero-order valence-corrected chi connectivity index (χ0v) is 19.7. The Hall–Kier alpha value is -2.10. The van der Waals surface area contributed by atoms with Gasteiger partial charge in [-0.3, -0.25) is 9.59 Å². The lowest BCUT2D eigenvalue weighted by molar-refractivity contribution is -0.160. The van der Waals surface area contributed by atoms with Gasteiger partial charge in [-0.25, -0.2) is 4.79 Å². The van der Waals surface area contributed by atoms with Gasteiger partial charge in [-0.15, -0.1) is 0 Å². The minimum atomic E-state index is -1.35. The van der Waals surface area contributed by atoms with E-state index in [4.69, 9.17) is 18.9 Å². The molecule has 0 radical (unpaired) electrons. The molecular weight excluding hydrogens is 436 g/mol. The predicted molar refractivity (Wildman–Crippen MR) is 122 cm³/mol. The van der Waals surface area contributed by atoms with E-state index in [1.807, 2.05) is 30.3 Å². The summed E-state index contributed by atoms with van der Waals surface area (Å²) in [5, 5.41) is 9.54. The first-order valence-corrected chi connectivity index (χ1v) is 11.8. The number of hydrogen-bond acceptors (Lipinski definition) is 9. The molecule has 1 aromatic rings. The van der Waals surface area contributed by atoms with Crippen LogP contribution in [0.3, 0.4) is 0 Å². The highest BCUT2D eigenvalue weighted by atomic mass is 32.2. The molecule has 0 aliphatic rings. The number of carbonyl (C=O) groups is 3. The van der Waals surface area contributed by atoms with Gasteiger partial charge in [0.15, 0.2) is 0 Å². The summed E-state index contributed by atoms with van der Waals surface area (Å²) in [4.78, 5) is 35.7. The Kier molecular flexibility index (Phi) is 14.4. The average molecular weight is 471 g/mol. The Morgan fingerprint density at radius 3 is 2.38 bits per heavy atom. The number of esters is 1. The summed E-state index contributed by atoms with van der Waals surface area (Å²) in [6.07, 6.45) is 1.55. The van der Waals surface area contributed by atoms with Gasteiger partial charge >= 0.3 is 12.1 Å². The molecule has 8 nitrogen and oxygen atoms in total. The Labute approximate surface area is 193 Å². The van der Waals surface area contributed by atoms with E-state index >= 15 is 0 Å². The Morgan fingerprint density at radius 2 is 1.69 bits per heavy atom. The molecule has 0 saturated heterocycles. The van der Waals surface area contributed by atoms with Gasteiger partial charge in [0.2, 0.25) is 0 Å². The quantitative estimate of drug-likeness (QED) is 0.271. The lowest BCUT2D eigenvalue weighted by Crippen LogP contribution is -2.39. The van der Waals surface area contributed by atoms with Crippen LogP contribution in [0, 0.1) is 5.41 Å². The van der Waals surface area contributed by atoms with Crippen LogP contribution in [0.2, 0.25) is 0 Å². The molecule has 0 amide bonds. The zero-order chi connectivity index (χ0) is 23.7. The van der Waals surface area contributed by atoms with Crippen LogP contribution in [0.15, 0.2) is 30.3 Å². The molecule has 9 heteroatoms. The van der Waals surface area contributed by atoms with Gasteiger partial charge in [0.1, 0.15) is 24.4 Å². The molecular formula is C23H34O8S. The van der Waals surface area contributed by atoms with E-state index in [0.29, 0.717) is 19.3 Å². The topological polar surface area (TPSA) is 108 Å². The van der Waals surface area contributed by atoms with Crippen LogP contribution in [-0.2, 0) is 35.0 Å². The van der Waals surface area contributed by atoms with Crippen molar-refractivity contribution >= 4 is 29.7 Å². The molecule has 0 bridgehead atoms. The fourth-order valence-corrected chi connectivity index (χ4v) is 3.40. The fraction of sp³-hybridized carbons (Fsp3) is 0.609. The molecule has 0 fully saturated rings. The maximum Gasteiger partial charge on any atom is 0.508 e. The van der Waals surface area contributed by atoms with Crippen molar-refractivity contribution in [3.05, 3.63) is 35.9 Å². The zero-order valence-electron chi connectivity index (χ0n) is 18.9. The largest absolute Gasteiger partial charge is 0.508 e. The third-order valence-electron chi connectivity index (χ3n) is 4.51. The van der Waals surface area contributed by atoms with E-state index in [2.05, 4.69) is 0 Å².